The van der Waals surface area contributed by atoms with Crippen molar-refractivity contribution < 1.29 is 4.74 Å². The summed E-state index contributed by atoms with van der Waals surface area (Å²) < 4.78 is 5.69. The van der Waals surface area contributed by atoms with Gasteiger partial charge in [-0.3, -0.25) is 0 Å². The van der Waals surface area contributed by atoms with E-state index in [4.69, 9.17) is 16.3 Å². The van der Waals surface area contributed by atoms with Crippen molar-refractivity contribution >= 4 is 28.6 Å². The summed E-state index contributed by atoms with van der Waals surface area (Å²) in [5, 5.41) is 3.43. The summed E-state index contributed by atoms with van der Waals surface area (Å²) in [5.74, 6) is 0.657. The van der Waals surface area contributed by atoms with Gasteiger partial charge in [-0.25, -0.2) is 4.98 Å². The van der Waals surface area contributed by atoms with Gasteiger partial charge in [0, 0.05) is 19.6 Å². The number of nitrogens with zero attached hydrogens (tertiary/aromatic N) is 4. The molecule has 0 radical (unpaired) electrons. The van der Waals surface area contributed by atoms with E-state index in [0.29, 0.717) is 18.0 Å². The maximum atomic E-state index is 5.87. The van der Waals surface area contributed by atoms with Crippen LogP contribution in [0, 0.1) is 0 Å². The predicted molar refractivity (Wildman–Crippen MR) is 72.4 cm³/mol. The van der Waals surface area contributed by atoms with Crippen LogP contribution in [0.1, 0.15) is 0 Å². The molecular formula is C11H15ClN6O. The molecule has 8 heteroatoms. The number of imidazole rings is 1. The zero-order valence-electron chi connectivity index (χ0n) is 10.6. The van der Waals surface area contributed by atoms with Crippen molar-refractivity contribution in [2.24, 2.45) is 0 Å². The summed E-state index contributed by atoms with van der Waals surface area (Å²) in [6.45, 7) is 3.30. The number of aromatic amines is 1. The van der Waals surface area contributed by atoms with Gasteiger partial charge >= 0.3 is 0 Å². The highest BCUT2D eigenvalue weighted by Gasteiger charge is 2.18. The van der Waals surface area contributed by atoms with E-state index in [2.05, 4.69) is 37.2 Å². The Kier molecular flexibility index (Phi) is 3.50. The molecule has 102 valence electrons. The van der Waals surface area contributed by atoms with Gasteiger partial charge in [0.1, 0.15) is 5.52 Å². The third-order valence-electron chi connectivity index (χ3n) is 3.10. The Balaban J connectivity index is 1.72. The first-order chi connectivity index (χ1) is 9.22. The van der Waals surface area contributed by atoms with Crippen LogP contribution in [0.15, 0.2) is 6.33 Å². The molecule has 2 aromatic heterocycles. The summed E-state index contributed by atoms with van der Waals surface area (Å²) in [5.41, 5.74) is 1.32. The van der Waals surface area contributed by atoms with Gasteiger partial charge in [-0.15, -0.1) is 0 Å². The van der Waals surface area contributed by atoms with Crippen molar-refractivity contribution in [1.82, 2.24) is 24.8 Å². The van der Waals surface area contributed by atoms with Crippen molar-refractivity contribution in [2.75, 3.05) is 38.6 Å². The number of fused-ring (bicyclic) bond motifs is 1. The molecule has 1 unspecified atom stereocenters. The minimum Gasteiger partial charge on any atom is -0.374 e. The monoisotopic (exact) mass is 282 g/mol. The molecule has 0 aromatic carbocycles. The van der Waals surface area contributed by atoms with Crippen LogP contribution in [-0.2, 0) is 4.74 Å². The molecule has 3 heterocycles. The molecule has 0 aliphatic carbocycles. The molecule has 2 aromatic rings. The normalized spacial score (nSPS) is 20.8. The van der Waals surface area contributed by atoms with Gasteiger partial charge < -0.3 is 19.9 Å². The fourth-order valence-electron chi connectivity index (χ4n) is 2.14. The molecule has 1 saturated heterocycles. The number of anilines is 1. The first kappa shape index (κ1) is 12.6. The Morgan fingerprint density at radius 3 is 3.32 bits per heavy atom. The molecule has 1 aliphatic rings. The third kappa shape index (κ3) is 2.78. The van der Waals surface area contributed by atoms with E-state index < -0.39 is 0 Å². The number of nitrogens with one attached hydrogen (secondary N) is 2. The molecule has 0 spiro atoms. The van der Waals surface area contributed by atoms with Crippen LogP contribution < -0.4 is 5.32 Å². The zero-order chi connectivity index (χ0) is 13.2. The first-order valence-electron chi connectivity index (χ1n) is 6.13. The van der Waals surface area contributed by atoms with E-state index in [0.717, 1.165) is 25.2 Å². The van der Waals surface area contributed by atoms with Gasteiger partial charge in [0.2, 0.25) is 5.28 Å². The van der Waals surface area contributed by atoms with Gasteiger partial charge in [-0.05, 0) is 18.6 Å². The van der Waals surface area contributed by atoms with Crippen molar-refractivity contribution in [3.63, 3.8) is 0 Å². The topological polar surface area (TPSA) is 79.0 Å². The fourth-order valence-corrected chi connectivity index (χ4v) is 2.30. The molecule has 3 rings (SSSR count). The Hall–Kier alpha value is -1.44. The van der Waals surface area contributed by atoms with Crippen LogP contribution in [0.2, 0.25) is 5.28 Å². The summed E-state index contributed by atoms with van der Waals surface area (Å²) >= 11 is 5.87. The summed E-state index contributed by atoms with van der Waals surface area (Å²) in [6, 6.07) is 0. The van der Waals surface area contributed by atoms with Gasteiger partial charge in [0.25, 0.3) is 0 Å². The van der Waals surface area contributed by atoms with Crippen molar-refractivity contribution in [1.29, 1.82) is 0 Å². The molecule has 1 aliphatic heterocycles. The van der Waals surface area contributed by atoms with Gasteiger partial charge in [-0.1, -0.05) is 0 Å². The number of morpholine rings is 1. The Bertz CT molecular complexity index is 573. The van der Waals surface area contributed by atoms with Crippen LogP contribution in [0.5, 0.6) is 0 Å². The van der Waals surface area contributed by atoms with Gasteiger partial charge in [0.15, 0.2) is 11.5 Å². The number of halogens is 1. The Morgan fingerprint density at radius 1 is 1.58 bits per heavy atom. The van der Waals surface area contributed by atoms with Gasteiger partial charge in [0.05, 0.1) is 19.0 Å². The van der Waals surface area contributed by atoms with Crippen molar-refractivity contribution in [3.8, 4) is 0 Å². The lowest BCUT2D eigenvalue weighted by Crippen LogP contribution is -2.43. The molecule has 19 heavy (non-hydrogen) atoms. The number of rotatable bonds is 3. The molecular weight excluding hydrogens is 268 g/mol. The Morgan fingerprint density at radius 2 is 2.47 bits per heavy atom. The molecule has 0 amide bonds. The minimum absolute atomic E-state index is 0.144. The smallest absolute Gasteiger partial charge is 0.226 e. The zero-order valence-corrected chi connectivity index (χ0v) is 11.3. The van der Waals surface area contributed by atoms with Crippen LogP contribution >= 0.6 is 11.6 Å². The molecule has 7 nitrogen and oxygen atoms in total. The highest BCUT2D eigenvalue weighted by Crippen LogP contribution is 2.18. The Labute approximate surface area is 115 Å². The first-order valence-corrected chi connectivity index (χ1v) is 6.51. The number of hydrogen-bond donors (Lipinski definition) is 2. The lowest BCUT2D eigenvalue weighted by molar-refractivity contribution is -0.0117. The van der Waals surface area contributed by atoms with Crippen LogP contribution in [0.3, 0.4) is 0 Å². The number of hydrogen-bond acceptors (Lipinski definition) is 6. The number of H-pyrrole nitrogens is 1. The van der Waals surface area contributed by atoms with Gasteiger partial charge in [-0.2, -0.15) is 9.97 Å². The van der Waals surface area contributed by atoms with E-state index in [9.17, 15) is 0 Å². The van der Waals surface area contributed by atoms with Crippen LogP contribution in [-0.4, -0.2) is 64.2 Å². The SMILES string of the molecule is CN1CCOC(CNc2nc(Cl)nc3nc[nH]c23)C1. The molecule has 0 bridgehead atoms. The number of ether oxygens (including phenoxy) is 1. The third-order valence-corrected chi connectivity index (χ3v) is 3.27. The van der Waals surface area contributed by atoms with E-state index in [1.54, 1.807) is 6.33 Å². The second kappa shape index (κ2) is 5.28. The lowest BCUT2D eigenvalue weighted by atomic mass is 10.3. The molecule has 0 saturated carbocycles. The summed E-state index contributed by atoms with van der Waals surface area (Å²) in [6.07, 6.45) is 1.72. The maximum absolute atomic E-state index is 5.87. The number of likely N-dealkylation sites (N-methyl/N-ethyl adjacent to an activating group) is 1. The minimum atomic E-state index is 0.144. The fraction of sp³-hybridized carbons (Fsp3) is 0.545. The second-order valence-corrected chi connectivity index (χ2v) is 4.92. The molecule has 2 N–H and O–H groups in total. The predicted octanol–water partition coefficient (Wildman–Crippen LogP) is 0.749. The maximum Gasteiger partial charge on any atom is 0.226 e. The molecule has 1 fully saturated rings. The van der Waals surface area contributed by atoms with Crippen LogP contribution in [0.25, 0.3) is 11.2 Å². The van der Waals surface area contributed by atoms with E-state index in [1.165, 1.54) is 0 Å². The number of aromatic nitrogens is 4. The lowest BCUT2D eigenvalue weighted by Gasteiger charge is -2.30. The van der Waals surface area contributed by atoms with Crippen LogP contribution in [0.4, 0.5) is 5.82 Å². The average molecular weight is 283 g/mol. The second-order valence-electron chi connectivity index (χ2n) is 4.58. The van der Waals surface area contributed by atoms with Crippen molar-refractivity contribution in [2.45, 2.75) is 6.10 Å². The molecule has 1 atom stereocenters. The largest absolute Gasteiger partial charge is 0.374 e. The summed E-state index contributed by atoms with van der Waals surface area (Å²) in [7, 11) is 2.09. The summed E-state index contributed by atoms with van der Waals surface area (Å²) in [4.78, 5) is 17.5. The van der Waals surface area contributed by atoms with E-state index in [1.807, 2.05) is 0 Å². The standard InChI is InChI=1S/C11H15ClN6O/c1-18-2-3-19-7(5-18)4-13-9-8-10(15-6-14-8)17-11(12)16-9/h6-7H,2-5H2,1H3,(H2,13,14,15,16,17). The average Bonchev–Trinajstić information content (AvgIpc) is 2.84. The van der Waals surface area contributed by atoms with Crippen molar-refractivity contribution in [3.05, 3.63) is 11.6 Å². The highest BCUT2D eigenvalue weighted by atomic mass is 35.5. The van der Waals surface area contributed by atoms with E-state index >= 15 is 0 Å². The van der Waals surface area contributed by atoms with E-state index in [-0.39, 0.29) is 11.4 Å². The quantitative estimate of drug-likeness (QED) is 0.809. The highest BCUT2D eigenvalue weighted by molar-refractivity contribution is 6.28.